The van der Waals surface area contributed by atoms with Crippen molar-refractivity contribution in [3.05, 3.63) is 40.4 Å². The number of methoxy groups -OCH3 is 1. The molecule has 1 N–H and O–H groups in total. The molecule has 0 aromatic heterocycles. The lowest BCUT2D eigenvalue weighted by molar-refractivity contribution is -0.140. The van der Waals surface area contributed by atoms with Crippen molar-refractivity contribution >= 4 is 29.6 Å². The van der Waals surface area contributed by atoms with E-state index in [1.807, 2.05) is 0 Å². The highest BCUT2D eigenvalue weighted by molar-refractivity contribution is 6.31. The van der Waals surface area contributed by atoms with Crippen LogP contribution in [-0.2, 0) is 20.5 Å². The van der Waals surface area contributed by atoms with Gasteiger partial charge in [0.05, 0.1) is 17.7 Å². The number of carbonyl (C=O) groups is 2. The van der Waals surface area contributed by atoms with Gasteiger partial charge in [0, 0.05) is 6.08 Å². The summed E-state index contributed by atoms with van der Waals surface area (Å²) in [7, 11) is 1.16. The molecule has 1 rings (SSSR count). The summed E-state index contributed by atoms with van der Waals surface area (Å²) in [5.74, 6) is -1.27. The Bertz CT molecular complexity index is 570. The second-order valence-electron chi connectivity index (χ2n) is 3.86. The fourth-order valence-corrected chi connectivity index (χ4v) is 1.55. The fourth-order valence-electron chi connectivity index (χ4n) is 1.33. The fraction of sp³-hybridized carbons (Fsp3) is 0.231. The molecule has 0 saturated carbocycles. The van der Waals surface area contributed by atoms with Crippen LogP contribution in [0.5, 0.6) is 0 Å². The maximum atomic E-state index is 12.6. The van der Waals surface area contributed by atoms with Gasteiger partial charge in [-0.2, -0.15) is 13.2 Å². The van der Waals surface area contributed by atoms with E-state index in [4.69, 9.17) is 11.6 Å². The molecule has 0 unspecified atom stereocenters. The SMILES string of the molecule is COC(=O)CNC(=O)C=Cc1ccc(Cl)c(C(F)(F)F)c1. The van der Waals surface area contributed by atoms with E-state index in [9.17, 15) is 22.8 Å². The van der Waals surface area contributed by atoms with Gasteiger partial charge in [-0.15, -0.1) is 0 Å². The van der Waals surface area contributed by atoms with Crippen LogP contribution in [0.25, 0.3) is 6.08 Å². The first-order chi connectivity index (χ1) is 9.74. The Morgan fingerprint density at radius 3 is 2.62 bits per heavy atom. The van der Waals surface area contributed by atoms with Gasteiger partial charge in [0.25, 0.3) is 0 Å². The third kappa shape index (κ3) is 5.47. The second kappa shape index (κ2) is 7.12. The number of hydrogen-bond donors (Lipinski definition) is 1. The molecule has 1 amide bonds. The second-order valence-corrected chi connectivity index (χ2v) is 4.27. The Balaban J connectivity index is 2.77. The molecule has 0 aliphatic rings. The van der Waals surface area contributed by atoms with Crippen LogP contribution in [0.3, 0.4) is 0 Å². The summed E-state index contributed by atoms with van der Waals surface area (Å²) in [5, 5.41) is 1.79. The van der Waals surface area contributed by atoms with Gasteiger partial charge in [-0.1, -0.05) is 17.7 Å². The molecule has 0 saturated heterocycles. The van der Waals surface area contributed by atoms with E-state index in [1.165, 1.54) is 12.1 Å². The minimum Gasteiger partial charge on any atom is -0.468 e. The van der Waals surface area contributed by atoms with Crippen molar-refractivity contribution in [2.75, 3.05) is 13.7 Å². The van der Waals surface area contributed by atoms with Crippen LogP contribution >= 0.6 is 11.6 Å². The summed E-state index contributed by atoms with van der Waals surface area (Å²) in [6.45, 7) is -0.325. The van der Waals surface area contributed by atoms with Crippen molar-refractivity contribution in [3.8, 4) is 0 Å². The molecule has 0 bridgehead atoms. The van der Waals surface area contributed by atoms with Crippen LogP contribution < -0.4 is 5.32 Å². The minimum absolute atomic E-state index is 0.153. The monoisotopic (exact) mass is 321 g/mol. The number of nitrogens with one attached hydrogen (secondary N) is 1. The first-order valence-electron chi connectivity index (χ1n) is 5.63. The average Bonchev–Trinajstić information content (AvgIpc) is 2.42. The predicted molar refractivity (Wildman–Crippen MR) is 70.5 cm³/mol. The molecule has 8 heteroatoms. The number of halogens is 4. The molecule has 0 heterocycles. The molecule has 4 nitrogen and oxygen atoms in total. The Morgan fingerprint density at radius 2 is 2.05 bits per heavy atom. The third-order valence-corrected chi connectivity index (χ3v) is 2.69. The highest BCUT2D eigenvalue weighted by Crippen LogP contribution is 2.35. The summed E-state index contributed by atoms with van der Waals surface area (Å²) in [6.07, 6.45) is -2.39. The van der Waals surface area contributed by atoms with Gasteiger partial charge in [0.1, 0.15) is 6.54 Å². The topological polar surface area (TPSA) is 55.4 Å². The van der Waals surface area contributed by atoms with Gasteiger partial charge in [-0.3, -0.25) is 9.59 Å². The lowest BCUT2D eigenvalue weighted by Gasteiger charge is -2.09. The van der Waals surface area contributed by atoms with Crippen molar-refractivity contribution in [3.63, 3.8) is 0 Å². The number of alkyl halides is 3. The number of rotatable bonds is 4. The molecule has 0 aliphatic carbocycles. The molecule has 21 heavy (non-hydrogen) atoms. The molecule has 0 aliphatic heterocycles. The minimum atomic E-state index is -4.58. The molecule has 0 spiro atoms. The molecule has 0 fully saturated rings. The first-order valence-corrected chi connectivity index (χ1v) is 6.01. The largest absolute Gasteiger partial charge is 0.468 e. The van der Waals surface area contributed by atoms with Crippen LogP contribution in [-0.4, -0.2) is 25.5 Å². The normalized spacial score (nSPS) is 11.5. The molecule has 1 aromatic carbocycles. The maximum absolute atomic E-state index is 12.6. The Kier molecular flexibility index (Phi) is 5.78. The van der Waals surface area contributed by atoms with E-state index in [0.29, 0.717) is 0 Å². The molecule has 114 valence electrons. The molecule has 0 atom stereocenters. The zero-order valence-electron chi connectivity index (χ0n) is 10.8. The van der Waals surface area contributed by atoms with E-state index in [-0.39, 0.29) is 12.1 Å². The number of ether oxygens (including phenoxy) is 1. The molecule has 1 aromatic rings. The van der Waals surface area contributed by atoms with E-state index < -0.39 is 28.6 Å². The van der Waals surface area contributed by atoms with E-state index >= 15 is 0 Å². The predicted octanol–water partition coefficient (Wildman–Crippen LogP) is 2.66. The van der Waals surface area contributed by atoms with Crippen molar-refractivity contribution in [1.29, 1.82) is 0 Å². The molecular weight excluding hydrogens is 311 g/mol. The van der Waals surface area contributed by atoms with Gasteiger partial charge >= 0.3 is 12.1 Å². The maximum Gasteiger partial charge on any atom is 0.417 e. The van der Waals surface area contributed by atoms with Crippen molar-refractivity contribution < 1.29 is 27.5 Å². The Hall–Kier alpha value is -2.02. The van der Waals surface area contributed by atoms with Crippen LogP contribution in [0.15, 0.2) is 24.3 Å². The van der Waals surface area contributed by atoms with Crippen LogP contribution in [0.4, 0.5) is 13.2 Å². The molecule has 0 radical (unpaired) electrons. The lowest BCUT2D eigenvalue weighted by Crippen LogP contribution is -2.28. The number of hydrogen-bond acceptors (Lipinski definition) is 3. The quantitative estimate of drug-likeness (QED) is 0.685. The van der Waals surface area contributed by atoms with Crippen LogP contribution in [0.2, 0.25) is 5.02 Å². The smallest absolute Gasteiger partial charge is 0.417 e. The van der Waals surface area contributed by atoms with E-state index in [2.05, 4.69) is 10.1 Å². The van der Waals surface area contributed by atoms with Gasteiger partial charge in [0.15, 0.2) is 0 Å². The van der Waals surface area contributed by atoms with Gasteiger partial charge in [0.2, 0.25) is 5.91 Å². The average molecular weight is 322 g/mol. The number of carbonyl (C=O) groups excluding carboxylic acids is 2. The van der Waals surface area contributed by atoms with Crippen molar-refractivity contribution in [2.24, 2.45) is 0 Å². The summed E-state index contributed by atoms with van der Waals surface area (Å²) in [4.78, 5) is 22.1. The van der Waals surface area contributed by atoms with Crippen LogP contribution in [0.1, 0.15) is 11.1 Å². The zero-order valence-corrected chi connectivity index (χ0v) is 11.6. The zero-order chi connectivity index (χ0) is 16.0. The molecular formula is C13H11ClF3NO3. The lowest BCUT2D eigenvalue weighted by atomic mass is 10.1. The van der Waals surface area contributed by atoms with Gasteiger partial charge in [-0.25, -0.2) is 0 Å². The summed E-state index contributed by atoms with van der Waals surface area (Å²) < 4.78 is 42.2. The number of esters is 1. The van der Waals surface area contributed by atoms with Crippen LogP contribution in [0, 0.1) is 0 Å². The summed E-state index contributed by atoms with van der Waals surface area (Å²) in [6, 6.07) is 3.25. The summed E-state index contributed by atoms with van der Waals surface area (Å²) in [5.41, 5.74) is -0.832. The van der Waals surface area contributed by atoms with Gasteiger partial charge in [-0.05, 0) is 23.8 Å². The number of benzene rings is 1. The van der Waals surface area contributed by atoms with Gasteiger partial charge < -0.3 is 10.1 Å². The van der Waals surface area contributed by atoms with E-state index in [0.717, 1.165) is 25.3 Å². The van der Waals surface area contributed by atoms with Crippen molar-refractivity contribution in [1.82, 2.24) is 5.32 Å². The highest BCUT2D eigenvalue weighted by atomic mass is 35.5. The Labute approximate surface area is 123 Å². The van der Waals surface area contributed by atoms with E-state index in [1.54, 1.807) is 0 Å². The standard InChI is InChI=1S/C13H11ClF3NO3/c1-21-12(20)7-18-11(19)5-3-8-2-4-10(14)9(6-8)13(15,16)17/h2-6H,7H2,1H3,(H,18,19). The highest BCUT2D eigenvalue weighted by Gasteiger charge is 2.33. The Morgan fingerprint density at radius 1 is 1.38 bits per heavy atom. The first kappa shape index (κ1) is 17.0. The summed E-state index contributed by atoms with van der Waals surface area (Å²) >= 11 is 5.47. The van der Waals surface area contributed by atoms with Crippen molar-refractivity contribution in [2.45, 2.75) is 6.18 Å². The number of amides is 1. The third-order valence-electron chi connectivity index (χ3n) is 2.36.